The number of ether oxygens (including phenoxy) is 3. The van der Waals surface area contributed by atoms with Gasteiger partial charge in [0.25, 0.3) is 5.91 Å². The van der Waals surface area contributed by atoms with Crippen molar-refractivity contribution in [2.45, 2.75) is 26.6 Å². The molecule has 0 radical (unpaired) electrons. The molecule has 1 N–H and O–H groups in total. The van der Waals surface area contributed by atoms with Crippen molar-refractivity contribution >= 4 is 22.8 Å². The Bertz CT molecular complexity index is 885. The first kappa shape index (κ1) is 21.2. The number of hydrogen-bond donors (Lipinski definition) is 1. The quantitative estimate of drug-likeness (QED) is 0.711. The fraction of sp³-hybridized carbons (Fsp3) is 0.364. The first-order valence-corrected chi connectivity index (χ1v) is 10.5. The maximum atomic E-state index is 12.7. The molecule has 0 unspecified atom stereocenters. The van der Waals surface area contributed by atoms with E-state index in [4.69, 9.17) is 14.2 Å². The third-order valence-electron chi connectivity index (χ3n) is 4.34. The molecule has 0 bridgehead atoms. The molecule has 1 aliphatic heterocycles. The number of rotatable bonds is 8. The Balaban J connectivity index is 1.79. The fourth-order valence-corrected chi connectivity index (χ4v) is 3.59. The van der Waals surface area contributed by atoms with Crippen LogP contribution in [-0.4, -0.2) is 43.2 Å². The molecule has 1 heterocycles. The summed E-state index contributed by atoms with van der Waals surface area (Å²) in [4.78, 5) is 17.0. The molecule has 7 heteroatoms. The number of hydrogen-bond acceptors (Lipinski definition) is 6. The van der Waals surface area contributed by atoms with E-state index in [2.05, 4.69) is 10.3 Å². The summed E-state index contributed by atoms with van der Waals surface area (Å²) >= 11 is 1.54. The number of carbonyl (C=O) groups is 1. The normalized spacial score (nSPS) is 14.2. The second-order valence-electron chi connectivity index (χ2n) is 6.78. The molecule has 0 aliphatic carbocycles. The van der Waals surface area contributed by atoms with Gasteiger partial charge >= 0.3 is 0 Å². The van der Waals surface area contributed by atoms with Crippen LogP contribution in [0.2, 0.25) is 0 Å². The van der Waals surface area contributed by atoms with E-state index < -0.39 is 0 Å². The van der Waals surface area contributed by atoms with Crippen LogP contribution in [0.4, 0.5) is 0 Å². The van der Waals surface area contributed by atoms with E-state index in [9.17, 15) is 4.79 Å². The Kier molecular flexibility index (Phi) is 7.55. The molecule has 0 fully saturated rings. The van der Waals surface area contributed by atoms with Gasteiger partial charge in [-0.2, -0.15) is 0 Å². The lowest BCUT2D eigenvalue weighted by Gasteiger charge is -2.16. The highest BCUT2D eigenvalue weighted by Crippen LogP contribution is 2.25. The van der Waals surface area contributed by atoms with Gasteiger partial charge in [0.1, 0.15) is 24.2 Å². The molecular formula is C22H26N2O4S. The average Bonchev–Trinajstić information content (AvgIpc) is 3.20. The molecule has 6 nitrogen and oxygen atoms in total. The number of methoxy groups -OCH3 is 1. The molecule has 2 aromatic carbocycles. The summed E-state index contributed by atoms with van der Waals surface area (Å²) in [5.74, 6) is 1.78. The molecule has 1 atom stereocenters. The molecule has 154 valence electrons. The maximum absolute atomic E-state index is 12.7. The highest BCUT2D eigenvalue weighted by atomic mass is 32.2. The van der Waals surface area contributed by atoms with Crippen LogP contribution >= 0.6 is 11.8 Å². The number of nitrogens with zero attached hydrogens (tertiary/aromatic N) is 1. The van der Waals surface area contributed by atoms with Gasteiger partial charge in [0.15, 0.2) is 5.17 Å². The van der Waals surface area contributed by atoms with Crippen molar-refractivity contribution in [1.82, 2.24) is 5.32 Å². The summed E-state index contributed by atoms with van der Waals surface area (Å²) in [5, 5.41) is 3.50. The number of amidine groups is 1. The first-order valence-electron chi connectivity index (χ1n) is 9.51. The lowest BCUT2D eigenvalue weighted by Crippen LogP contribution is -2.27. The third-order valence-corrected chi connectivity index (χ3v) is 5.23. The Labute approximate surface area is 175 Å². The predicted molar refractivity (Wildman–Crippen MR) is 116 cm³/mol. The number of amides is 1. The smallest absolute Gasteiger partial charge is 0.257 e. The monoisotopic (exact) mass is 414 g/mol. The number of carbonyl (C=O) groups excluding carboxylic acids is 1. The van der Waals surface area contributed by atoms with Gasteiger partial charge in [0, 0.05) is 24.5 Å². The van der Waals surface area contributed by atoms with E-state index in [1.54, 1.807) is 25.3 Å². The van der Waals surface area contributed by atoms with Crippen LogP contribution in [0.25, 0.3) is 0 Å². The van der Waals surface area contributed by atoms with E-state index >= 15 is 0 Å². The van der Waals surface area contributed by atoms with Crippen LogP contribution in [0.1, 0.15) is 28.4 Å². The van der Waals surface area contributed by atoms with Crippen molar-refractivity contribution in [1.29, 1.82) is 0 Å². The van der Waals surface area contributed by atoms with Crippen LogP contribution in [0.15, 0.2) is 47.5 Å². The van der Waals surface area contributed by atoms with E-state index in [-0.39, 0.29) is 12.0 Å². The zero-order valence-corrected chi connectivity index (χ0v) is 17.8. The molecule has 3 rings (SSSR count). The van der Waals surface area contributed by atoms with Gasteiger partial charge in [-0.05, 0) is 37.1 Å². The number of nitrogens with one attached hydrogen (secondary N) is 1. The third kappa shape index (κ3) is 6.24. The molecule has 0 aromatic heterocycles. The Morgan fingerprint density at radius 2 is 2.03 bits per heavy atom. The minimum Gasteiger partial charge on any atom is -0.489 e. The average molecular weight is 415 g/mol. The molecule has 1 aliphatic rings. The van der Waals surface area contributed by atoms with Crippen LogP contribution in [-0.2, 0) is 11.3 Å². The first-order chi connectivity index (χ1) is 14.0. The van der Waals surface area contributed by atoms with Gasteiger partial charge in [-0.15, -0.1) is 0 Å². The fourth-order valence-electron chi connectivity index (χ4n) is 2.87. The second-order valence-corrected chi connectivity index (χ2v) is 7.87. The molecule has 0 saturated heterocycles. The SMILES string of the molecule is COC[C@H](C)Oc1cc(OCc2ccccc2C)cc(C(=O)NC2=NCCS2)c1. The topological polar surface area (TPSA) is 69.2 Å². The van der Waals surface area contributed by atoms with Crippen LogP contribution < -0.4 is 14.8 Å². The zero-order chi connectivity index (χ0) is 20.6. The van der Waals surface area contributed by atoms with Crippen LogP contribution in [0, 0.1) is 6.92 Å². The van der Waals surface area contributed by atoms with Crippen molar-refractivity contribution in [3.63, 3.8) is 0 Å². The van der Waals surface area contributed by atoms with Gasteiger partial charge < -0.3 is 19.5 Å². The second kappa shape index (κ2) is 10.3. The van der Waals surface area contributed by atoms with Gasteiger partial charge in [0.05, 0.1) is 13.2 Å². The van der Waals surface area contributed by atoms with E-state index in [1.165, 1.54) is 11.8 Å². The largest absolute Gasteiger partial charge is 0.489 e. The molecule has 29 heavy (non-hydrogen) atoms. The Hall–Kier alpha value is -2.51. The number of benzene rings is 2. The summed E-state index contributed by atoms with van der Waals surface area (Å²) in [6.07, 6.45) is -0.155. The molecule has 1 amide bonds. The minimum atomic E-state index is -0.233. The molecule has 0 saturated carbocycles. The zero-order valence-electron chi connectivity index (χ0n) is 16.9. The van der Waals surface area contributed by atoms with Gasteiger partial charge in [0.2, 0.25) is 0 Å². The summed E-state index contributed by atoms with van der Waals surface area (Å²) in [6, 6.07) is 13.3. The van der Waals surface area contributed by atoms with Crippen molar-refractivity contribution in [3.05, 3.63) is 59.2 Å². The summed E-state index contributed by atoms with van der Waals surface area (Å²) in [7, 11) is 1.63. The Morgan fingerprint density at radius 1 is 1.24 bits per heavy atom. The number of aliphatic imine (C=N–C) groups is 1. The van der Waals surface area contributed by atoms with Gasteiger partial charge in [-0.25, -0.2) is 0 Å². The predicted octanol–water partition coefficient (Wildman–Crippen LogP) is 3.82. The highest BCUT2D eigenvalue weighted by Gasteiger charge is 2.16. The molecule has 0 spiro atoms. The highest BCUT2D eigenvalue weighted by molar-refractivity contribution is 8.14. The standard InChI is InChI=1S/C22H26N2O4S/c1-15-6-4-5-7-17(15)14-27-19-10-18(21(25)24-22-23-8-9-29-22)11-20(12-19)28-16(2)13-26-3/h4-7,10-12,16H,8-9,13-14H2,1-3H3,(H,23,24,25)/t16-/m0/s1. The summed E-state index contributed by atoms with van der Waals surface area (Å²) < 4.78 is 17.0. The van der Waals surface area contributed by atoms with Crippen LogP contribution in [0.3, 0.4) is 0 Å². The molecule has 2 aromatic rings. The minimum absolute atomic E-state index is 0.155. The number of aryl methyl sites for hydroxylation is 1. The van der Waals surface area contributed by atoms with E-state index in [1.807, 2.05) is 38.1 Å². The van der Waals surface area contributed by atoms with Crippen molar-refractivity contribution in [3.8, 4) is 11.5 Å². The summed E-state index contributed by atoms with van der Waals surface area (Å²) in [6.45, 7) is 5.54. The Morgan fingerprint density at radius 3 is 2.76 bits per heavy atom. The van der Waals surface area contributed by atoms with Gasteiger partial charge in [-0.1, -0.05) is 36.0 Å². The van der Waals surface area contributed by atoms with Crippen molar-refractivity contribution in [2.24, 2.45) is 4.99 Å². The molecular weight excluding hydrogens is 388 g/mol. The number of thioether (sulfide) groups is 1. The lowest BCUT2D eigenvalue weighted by atomic mass is 10.1. The maximum Gasteiger partial charge on any atom is 0.257 e. The lowest BCUT2D eigenvalue weighted by molar-refractivity contribution is 0.0911. The van der Waals surface area contributed by atoms with Crippen LogP contribution in [0.5, 0.6) is 11.5 Å². The van der Waals surface area contributed by atoms with E-state index in [0.29, 0.717) is 35.4 Å². The summed E-state index contributed by atoms with van der Waals surface area (Å²) in [5.41, 5.74) is 2.71. The van der Waals surface area contributed by atoms with Crippen molar-refractivity contribution < 1.29 is 19.0 Å². The van der Waals surface area contributed by atoms with E-state index in [0.717, 1.165) is 23.4 Å². The van der Waals surface area contributed by atoms with Gasteiger partial charge in [-0.3, -0.25) is 9.79 Å². The van der Waals surface area contributed by atoms with Crippen molar-refractivity contribution in [2.75, 3.05) is 26.0 Å².